The number of likely N-dealkylation sites (N-methyl/N-ethyl adjacent to an activating group) is 1. The predicted octanol–water partition coefficient (Wildman–Crippen LogP) is 1.95. The molecule has 1 N–H and O–H groups in total. The number of benzene rings is 2. The van der Waals surface area contributed by atoms with Crippen molar-refractivity contribution >= 4 is 29.3 Å². The third-order valence-electron chi connectivity index (χ3n) is 4.77. The summed E-state index contributed by atoms with van der Waals surface area (Å²) in [6.45, 7) is 2.67. The second-order valence-corrected chi connectivity index (χ2v) is 8.44. The lowest BCUT2D eigenvalue weighted by Gasteiger charge is -2.27. The average Bonchev–Trinajstić information content (AvgIpc) is 2.81. The summed E-state index contributed by atoms with van der Waals surface area (Å²) in [5.41, 5.74) is 1.77. The van der Waals surface area contributed by atoms with Crippen LogP contribution in [0.3, 0.4) is 0 Å². The molecule has 1 aliphatic heterocycles. The number of hydrogen-bond donors (Lipinski definition) is 1. The van der Waals surface area contributed by atoms with E-state index in [0.29, 0.717) is 6.54 Å². The second-order valence-electron chi connectivity index (χ2n) is 7.26. The van der Waals surface area contributed by atoms with E-state index < -0.39 is 12.1 Å². The van der Waals surface area contributed by atoms with Crippen molar-refractivity contribution in [2.75, 3.05) is 39.2 Å². The van der Waals surface area contributed by atoms with Crippen LogP contribution in [0.25, 0.3) is 0 Å². The summed E-state index contributed by atoms with van der Waals surface area (Å²) in [5.74, 6) is 0.0741. The number of rotatable bonds is 6. The number of methoxy groups -OCH3 is 1. The summed E-state index contributed by atoms with van der Waals surface area (Å²) in [5, 5.41) is -0.352. The molecule has 2 aromatic rings. The fourth-order valence-corrected chi connectivity index (χ4v) is 4.59. The van der Waals surface area contributed by atoms with Crippen LogP contribution in [-0.4, -0.2) is 52.3 Å². The van der Waals surface area contributed by atoms with Crippen LogP contribution in [0.5, 0.6) is 5.75 Å². The molecule has 0 saturated carbocycles. The number of carbonyl (C=O) groups excluding carboxylic acids is 2. The Morgan fingerprint density at radius 1 is 1.14 bits per heavy atom. The van der Waals surface area contributed by atoms with Gasteiger partial charge in [0, 0.05) is 11.8 Å². The van der Waals surface area contributed by atoms with Gasteiger partial charge < -0.3 is 19.3 Å². The summed E-state index contributed by atoms with van der Waals surface area (Å²) >= 11 is 1.55. The molecule has 1 aliphatic rings. The monoisotopic (exact) mass is 415 g/mol. The number of carbonyl (C=O) groups is 2. The topological polar surface area (TPSA) is 60.3 Å². The molecule has 0 fully saturated rings. The van der Waals surface area contributed by atoms with Crippen molar-refractivity contribution in [3.63, 3.8) is 0 Å². The van der Waals surface area contributed by atoms with E-state index in [-0.39, 0.29) is 11.2 Å². The fourth-order valence-electron chi connectivity index (χ4n) is 3.27. The number of nitrogens with one attached hydrogen (secondary N) is 1. The van der Waals surface area contributed by atoms with Gasteiger partial charge in [-0.15, -0.1) is 11.8 Å². The minimum atomic E-state index is -0.907. The molecule has 0 unspecified atom stereocenters. The molecule has 29 heavy (non-hydrogen) atoms. The highest BCUT2D eigenvalue weighted by Gasteiger charge is 2.40. The van der Waals surface area contributed by atoms with E-state index in [1.54, 1.807) is 23.8 Å². The first kappa shape index (κ1) is 21.2. The number of esters is 1. The van der Waals surface area contributed by atoms with Gasteiger partial charge >= 0.3 is 5.97 Å². The largest absolute Gasteiger partial charge is 0.497 e. The minimum absolute atomic E-state index is 0.195. The van der Waals surface area contributed by atoms with Crippen LogP contribution in [0.1, 0.15) is 17.7 Å². The molecule has 0 aliphatic carbocycles. The maximum Gasteiger partial charge on any atom is 0.303 e. The van der Waals surface area contributed by atoms with E-state index in [9.17, 15) is 9.59 Å². The molecule has 2 aromatic carbocycles. The predicted molar refractivity (Wildman–Crippen MR) is 114 cm³/mol. The van der Waals surface area contributed by atoms with Crippen molar-refractivity contribution in [3.05, 3.63) is 54.1 Å². The van der Waals surface area contributed by atoms with Gasteiger partial charge in [-0.3, -0.25) is 9.59 Å². The van der Waals surface area contributed by atoms with Crippen LogP contribution in [0.4, 0.5) is 5.69 Å². The van der Waals surface area contributed by atoms with Crippen molar-refractivity contribution in [1.82, 2.24) is 0 Å². The van der Waals surface area contributed by atoms with Gasteiger partial charge in [0.15, 0.2) is 6.10 Å². The first-order chi connectivity index (χ1) is 13.9. The molecule has 7 heteroatoms. The fraction of sp³-hybridized carbons (Fsp3) is 0.364. The molecule has 0 saturated heterocycles. The number of amides is 1. The number of thioether (sulfide) groups is 1. The van der Waals surface area contributed by atoms with Crippen LogP contribution in [0, 0.1) is 0 Å². The molecular formula is C22H27N2O4S+. The van der Waals surface area contributed by atoms with Gasteiger partial charge in [0.2, 0.25) is 0 Å². The summed E-state index contributed by atoms with van der Waals surface area (Å²) in [6.07, 6.45) is -0.907. The van der Waals surface area contributed by atoms with Crippen molar-refractivity contribution in [1.29, 1.82) is 0 Å². The lowest BCUT2D eigenvalue weighted by atomic mass is 10.1. The number of anilines is 1. The van der Waals surface area contributed by atoms with Gasteiger partial charge in [-0.05, 0) is 29.8 Å². The van der Waals surface area contributed by atoms with E-state index in [1.807, 2.05) is 62.6 Å². The highest BCUT2D eigenvalue weighted by molar-refractivity contribution is 7.99. The van der Waals surface area contributed by atoms with E-state index in [4.69, 9.17) is 9.47 Å². The number of nitrogens with zero attached hydrogens (tertiary/aromatic N) is 1. The van der Waals surface area contributed by atoms with Crippen LogP contribution < -0.4 is 14.5 Å². The molecule has 2 atom stereocenters. The summed E-state index contributed by atoms with van der Waals surface area (Å²) in [7, 11) is 5.71. The zero-order chi connectivity index (χ0) is 21.0. The van der Waals surface area contributed by atoms with Gasteiger partial charge in [-0.2, -0.15) is 0 Å². The Balaban J connectivity index is 2.06. The highest BCUT2D eigenvalue weighted by Crippen LogP contribution is 2.46. The Labute approximate surface area is 175 Å². The molecule has 1 amide bonds. The van der Waals surface area contributed by atoms with Gasteiger partial charge in [0.1, 0.15) is 5.75 Å². The maximum atomic E-state index is 13.6. The Kier molecular flexibility index (Phi) is 6.82. The van der Waals surface area contributed by atoms with Crippen LogP contribution >= 0.6 is 11.8 Å². The summed E-state index contributed by atoms with van der Waals surface area (Å²) in [4.78, 5) is 29.4. The molecular weight excluding hydrogens is 388 g/mol. The molecule has 0 bridgehead atoms. The van der Waals surface area contributed by atoms with Crippen molar-refractivity contribution < 1.29 is 24.0 Å². The Bertz CT molecular complexity index is 869. The second kappa shape index (κ2) is 9.33. The zero-order valence-corrected chi connectivity index (χ0v) is 18.0. The van der Waals surface area contributed by atoms with Crippen molar-refractivity contribution in [2.45, 2.75) is 23.2 Å². The molecule has 3 rings (SSSR count). The van der Waals surface area contributed by atoms with Gasteiger partial charge in [0.25, 0.3) is 5.91 Å². The average molecular weight is 416 g/mol. The first-order valence-electron chi connectivity index (χ1n) is 9.58. The summed E-state index contributed by atoms with van der Waals surface area (Å²) in [6, 6.07) is 15.4. The highest BCUT2D eigenvalue weighted by atomic mass is 32.2. The minimum Gasteiger partial charge on any atom is -0.497 e. The number of para-hydroxylation sites is 1. The normalized spacial score (nSPS) is 18.9. The Hall–Kier alpha value is -2.51. The third-order valence-corrected chi connectivity index (χ3v) is 6.14. The maximum absolute atomic E-state index is 13.6. The molecule has 6 nitrogen and oxygen atoms in total. The van der Waals surface area contributed by atoms with Crippen LogP contribution in [-0.2, 0) is 14.3 Å². The zero-order valence-electron chi connectivity index (χ0n) is 17.2. The number of quaternary nitrogens is 1. The smallest absolute Gasteiger partial charge is 0.303 e. The SMILES string of the molecule is COc1ccc([C@H]2Sc3ccccc3N(CC[NH+](C)C)C(=O)[C@H]2OC(C)=O)cc1. The van der Waals surface area contributed by atoms with E-state index in [2.05, 4.69) is 0 Å². The summed E-state index contributed by atoms with van der Waals surface area (Å²) < 4.78 is 10.8. The number of hydrogen-bond acceptors (Lipinski definition) is 5. The van der Waals surface area contributed by atoms with Gasteiger partial charge in [-0.1, -0.05) is 24.3 Å². The molecule has 0 radical (unpaired) electrons. The van der Waals surface area contributed by atoms with Gasteiger partial charge in [0.05, 0.1) is 45.2 Å². The molecule has 1 heterocycles. The molecule has 154 valence electrons. The third kappa shape index (κ3) is 4.92. The Morgan fingerprint density at radius 2 is 1.83 bits per heavy atom. The van der Waals surface area contributed by atoms with E-state index in [0.717, 1.165) is 28.4 Å². The van der Waals surface area contributed by atoms with Crippen molar-refractivity contribution in [2.24, 2.45) is 0 Å². The lowest BCUT2D eigenvalue weighted by Crippen LogP contribution is -3.06. The molecule has 0 aromatic heterocycles. The quantitative estimate of drug-likeness (QED) is 0.731. The first-order valence-corrected chi connectivity index (χ1v) is 10.5. The van der Waals surface area contributed by atoms with Gasteiger partial charge in [-0.25, -0.2) is 0 Å². The van der Waals surface area contributed by atoms with E-state index in [1.165, 1.54) is 11.8 Å². The molecule has 0 spiro atoms. The Morgan fingerprint density at radius 3 is 2.45 bits per heavy atom. The van der Waals surface area contributed by atoms with Crippen LogP contribution in [0.15, 0.2) is 53.4 Å². The van der Waals surface area contributed by atoms with Crippen LogP contribution in [0.2, 0.25) is 0 Å². The lowest BCUT2D eigenvalue weighted by molar-refractivity contribution is -0.856. The van der Waals surface area contributed by atoms with Crippen molar-refractivity contribution in [3.8, 4) is 5.75 Å². The number of ether oxygens (including phenoxy) is 2. The standard InChI is InChI=1S/C22H26N2O4S/c1-15(25)28-20-21(16-9-11-17(27-4)12-10-16)29-19-8-6-5-7-18(19)24(22(20)26)14-13-23(2)3/h5-12,20-21H,13-14H2,1-4H3/p+1/t20-,21+/m0/s1. The number of fused-ring (bicyclic) bond motifs is 1. The van der Waals surface area contributed by atoms with E-state index >= 15 is 0 Å².